The molecule has 0 spiro atoms. The van der Waals surface area contributed by atoms with E-state index in [1.54, 1.807) is 10.6 Å². The second-order valence-electron chi connectivity index (χ2n) is 19.6. The predicted molar refractivity (Wildman–Crippen MR) is 262 cm³/mol. The number of cyclic esters (lactones) is 1. The van der Waals surface area contributed by atoms with Crippen molar-refractivity contribution in [3.63, 3.8) is 0 Å². The smallest absolute Gasteiger partial charge is 0.355 e. The van der Waals surface area contributed by atoms with Crippen LogP contribution in [0.25, 0.3) is 22.3 Å². The van der Waals surface area contributed by atoms with E-state index in [2.05, 4.69) is 31.9 Å². The van der Waals surface area contributed by atoms with Crippen molar-refractivity contribution in [2.24, 2.45) is 11.3 Å². The first-order valence-electron chi connectivity index (χ1n) is 24.2. The average molecular weight is 1020 g/mol. The quantitative estimate of drug-likeness (QED) is 0.0481. The van der Waals surface area contributed by atoms with Gasteiger partial charge in [0.05, 0.1) is 35.4 Å². The van der Waals surface area contributed by atoms with Crippen LogP contribution in [0.2, 0.25) is 0 Å². The molecule has 16 nitrogen and oxygen atoms in total. The second-order valence-corrected chi connectivity index (χ2v) is 20.5. The lowest BCUT2D eigenvalue weighted by Crippen LogP contribution is -2.55. The molecule has 5 heterocycles. The molecule has 1 saturated carbocycles. The van der Waals surface area contributed by atoms with E-state index >= 15 is 0 Å². The Morgan fingerprint density at radius 3 is 2.34 bits per heavy atom. The molecule has 4 aliphatic rings. The molecule has 4 aromatic rings. The van der Waals surface area contributed by atoms with E-state index in [-0.39, 0.29) is 85.8 Å². The molecule has 17 heteroatoms. The van der Waals surface area contributed by atoms with Crippen LogP contribution in [-0.4, -0.2) is 81.1 Å². The Morgan fingerprint density at radius 1 is 0.871 bits per heavy atom. The number of halogens is 1. The molecule has 1 aliphatic carbocycles. The number of fused-ring (bicyclic) bond motifs is 5. The van der Waals surface area contributed by atoms with Gasteiger partial charge in [-0.05, 0) is 80.2 Å². The number of aromatic nitrogens is 2. The first-order chi connectivity index (χ1) is 33.5. The van der Waals surface area contributed by atoms with Crippen molar-refractivity contribution >= 4 is 68.3 Å². The molecule has 3 N–H and O–H groups in total. The number of rotatable bonds is 19. The van der Waals surface area contributed by atoms with Crippen LogP contribution >= 0.6 is 15.9 Å². The van der Waals surface area contributed by atoms with Crippen molar-refractivity contribution in [3.05, 3.63) is 110 Å². The summed E-state index contributed by atoms with van der Waals surface area (Å²) in [5.41, 5.74) is 0.947. The van der Waals surface area contributed by atoms with Gasteiger partial charge in [0.2, 0.25) is 23.3 Å². The summed E-state index contributed by atoms with van der Waals surface area (Å²) in [5.74, 6) is -3.48. The fourth-order valence-electron chi connectivity index (χ4n) is 10.2. The summed E-state index contributed by atoms with van der Waals surface area (Å²) in [6.45, 7) is 5.70. The summed E-state index contributed by atoms with van der Waals surface area (Å²) in [4.78, 5) is 113. The van der Waals surface area contributed by atoms with Gasteiger partial charge in [-0.1, -0.05) is 91.9 Å². The molecule has 8 rings (SSSR count). The van der Waals surface area contributed by atoms with Crippen LogP contribution < -0.4 is 21.5 Å². The molecule has 2 aromatic heterocycles. The summed E-state index contributed by atoms with van der Waals surface area (Å²) in [7, 11) is 0. The van der Waals surface area contributed by atoms with Gasteiger partial charge >= 0.3 is 11.9 Å². The topological polar surface area (TPSA) is 212 Å². The van der Waals surface area contributed by atoms with Gasteiger partial charge in [-0.25, -0.2) is 9.78 Å². The minimum absolute atomic E-state index is 0.00215. The molecule has 3 aliphatic heterocycles. The molecular weight excluding hydrogens is 961 g/mol. The Balaban J connectivity index is 0.935. The van der Waals surface area contributed by atoms with Gasteiger partial charge < -0.3 is 30.0 Å². The first-order valence-corrected chi connectivity index (χ1v) is 25.0. The summed E-state index contributed by atoms with van der Waals surface area (Å²) in [5, 5.41) is 9.76. The fourth-order valence-corrected chi connectivity index (χ4v) is 10.6. The largest absolute Gasteiger partial charge is 0.457 e. The second kappa shape index (κ2) is 21.2. The van der Waals surface area contributed by atoms with Gasteiger partial charge in [-0.2, -0.15) is 0 Å². The molecule has 1 fully saturated rings. The lowest BCUT2D eigenvalue weighted by atomic mass is 9.71. The maximum absolute atomic E-state index is 14.2. The van der Waals surface area contributed by atoms with Crippen molar-refractivity contribution in [2.75, 3.05) is 13.1 Å². The van der Waals surface area contributed by atoms with E-state index in [1.165, 1.54) is 19.1 Å². The van der Waals surface area contributed by atoms with Gasteiger partial charge in [-0.3, -0.25) is 38.5 Å². The Bertz CT molecular complexity index is 2800. The predicted octanol–water partition coefficient (Wildman–Crippen LogP) is 6.20. The number of nitrogens with zero attached hydrogens (tertiary/aromatic N) is 3. The molecule has 2 aromatic carbocycles. The third-order valence-electron chi connectivity index (χ3n) is 14.0. The van der Waals surface area contributed by atoms with Crippen LogP contribution in [-0.2, 0) is 68.2 Å². The zero-order valence-electron chi connectivity index (χ0n) is 39.8. The number of imide groups is 1. The fraction of sp³-hybridized carbons (Fsp3) is 0.453. The van der Waals surface area contributed by atoms with Crippen LogP contribution in [0, 0.1) is 11.3 Å². The number of amides is 5. The van der Waals surface area contributed by atoms with Crippen LogP contribution in [0.5, 0.6) is 0 Å². The van der Waals surface area contributed by atoms with Crippen molar-refractivity contribution in [1.29, 1.82) is 0 Å². The lowest BCUT2D eigenvalue weighted by Gasteiger charge is -2.39. The summed E-state index contributed by atoms with van der Waals surface area (Å²) in [6.07, 6.45) is 8.28. The summed E-state index contributed by atoms with van der Waals surface area (Å²) < 4.78 is 14.2. The van der Waals surface area contributed by atoms with Gasteiger partial charge in [0.1, 0.15) is 18.7 Å². The van der Waals surface area contributed by atoms with E-state index in [0.29, 0.717) is 49.9 Å². The third kappa shape index (κ3) is 10.9. The molecular formula is C53H59BrN6O10. The van der Waals surface area contributed by atoms with Gasteiger partial charge in [-0.15, -0.1) is 0 Å². The normalized spacial score (nSPS) is 18.7. The minimum Gasteiger partial charge on any atom is -0.457 e. The summed E-state index contributed by atoms with van der Waals surface area (Å²) >= 11 is 3.60. The molecule has 0 bridgehead atoms. The first kappa shape index (κ1) is 49.9. The Labute approximate surface area is 414 Å². The number of carbonyl (C=O) groups is 7. The number of hydrogen-bond donors (Lipinski definition) is 3. The van der Waals surface area contributed by atoms with Crippen molar-refractivity contribution in [3.8, 4) is 11.4 Å². The van der Waals surface area contributed by atoms with E-state index in [9.17, 15) is 38.4 Å². The number of unbranched alkanes of at least 4 members (excludes halogenated alkanes) is 2. The number of ether oxygens (including phenoxy) is 2. The lowest BCUT2D eigenvalue weighted by molar-refractivity contribution is -0.188. The van der Waals surface area contributed by atoms with E-state index in [4.69, 9.17) is 14.5 Å². The van der Waals surface area contributed by atoms with Gasteiger partial charge in [0.25, 0.3) is 17.4 Å². The van der Waals surface area contributed by atoms with Crippen LogP contribution in [0.1, 0.15) is 114 Å². The molecule has 0 saturated heterocycles. The SMILES string of the molecule is CC(C)CC(NC(=O)[C@H](Cc1ccccc1)NC(=O)CCCCCN1C(=O)C=CC1=O)C(=O)NCC1(CC(=O)O[C@]2(C)C(=O)OCc3c2cc2n(c3=O)Cc3cc4c(Br)cccc4nc3-2)CCCCC1. The van der Waals surface area contributed by atoms with Gasteiger partial charge in [0, 0.05) is 59.1 Å². The van der Waals surface area contributed by atoms with E-state index < -0.39 is 46.9 Å². The van der Waals surface area contributed by atoms with Crippen LogP contribution in [0.15, 0.2) is 82.1 Å². The molecule has 5 amide bonds. The highest BCUT2D eigenvalue weighted by atomic mass is 79.9. The standard InChI is InChI=1S/C53H59BrN6O10/c1-32(2)24-40(58-49(66)41(25-33-14-7-4-8-15-33)56-43(61)18-9-5-12-23-59-44(62)19-20-45(59)63)48(65)55-31-53(21-10-6-11-22-53)28-46(64)70-52(3)37-27-42-47-34(26-35-38(54)16-13-17-39(35)57-47)29-60(42)50(67)36(37)30-69-51(52)68/h4,7-8,13-17,19-20,26-27,32,40-41H,5-6,9-12,18,21-25,28-31H2,1-3H3,(H,55,65)(H,56,61)(H,58,66)/t40?,41-,52-/m0/s1. The van der Waals surface area contributed by atoms with Crippen LogP contribution in [0.4, 0.5) is 0 Å². The monoisotopic (exact) mass is 1020 g/mol. The zero-order valence-corrected chi connectivity index (χ0v) is 41.4. The Kier molecular flexibility index (Phi) is 15.1. The number of pyridine rings is 2. The molecule has 1 unspecified atom stereocenters. The molecule has 70 heavy (non-hydrogen) atoms. The molecule has 0 radical (unpaired) electrons. The molecule has 3 atom stereocenters. The highest BCUT2D eigenvalue weighted by molar-refractivity contribution is 9.10. The average Bonchev–Trinajstić information content (AvgIpc) is 3.86. The number of benzene rings is 2. The Hall–Kier alpha value is -6.49. The van der Waals surface area contributed by atoms with Crippen molar-refractivity contribution in [2.45, 2.75) is 129 Å². The number of esters is 2. The van der Waals surface area contributed by atoms with E-state index in [1.807, 2.05) is 68.4 Å². The highest BCUT2D eigenvalue weighted by Crippen LogP contribution is 2.43. The number of carbonyl (C=O) groups excluding carboxylic acids is 7. The van der Waals surface area contributed by atoms with Crippen molar-refractivity contribution in [1.82, 2.24) is 30.4 Å². The third-order valence-corrected chi connectivity index (χ3v) is 14.6. The van der Waals surface area contributed by atoms with Crippen molar-refractivity contribution < 1.29 is 43.0 Å². The Morgan fingerprint density at radius 2 is 1.61 bits per heavy atom. The van der Waals surface area contributed by atoms with Gasteiger partial charge in [0.15, 0.2) is 0 Å². The maximum atomic E-state index is 14.2. The number of hydrogen-bond acceptors (Lipinski definition) is 11. The maximum Gasteiger partial charge on any atom is 0.355 e. The summed E-state index contributed by atoms with van der Waals surface area (Å²) in [6, 6.07) is 16.7. The van der Waals surface area contributed by atoms with E-state index in [0.717, 1.165) is 50.7 Å². The van der Waals surface area contributed by atoms with Crippen LogP contribution in [0.3, 0.4) is 0 Å². The zero-order chi connectivity index (χ0) is 49.7. The number of nitrogens with one attached hydrogen (secondary N) is 3. The minimum atomic E-state index is -1.94. The highest BCUT2D eigenvalue weighted by Gasteiger charge is 2.49. The molecule has 368 valence electrons.